The molecule has 2 unspecified atom stereocenters. The molecule has 0 aromatic carbocycles. The Morgan fingerprint density at radius 1 is 1.37 bits per heavy atom. The van der Waals surface area contributed by atoms with Gasteiger partial charge in [0.15, 0.2) is 0 Å². The van der Waals surface area contributed by atoms with Crippen molar-refractivity contribution < 1.29 is 4.74 Å². The Hall–Kier alpha value is -0.940. The molecule has 19 heavy (non-hydrogen) atoms. The Balaban J connectivity index is 1.91. The van der Waals surface area contributed by atoms with E-state index in [2.05, 4.69) is 4.98 Å². The molecule has 102 valence electrons. The van der Waals surface area contributed by atoms with E-state index in [1.54, 1.807) is 6.20 Å². The van der Waals surface area contributed by atoms with Crippen LogP contribution >= 0.6 is 22.9 Å². The fourth-order valence-corrected chi connectivity index (χ4v) is 3.04. The largest absolute Gasteiger partial charge is 0.371 e. The lowest BCUT2D eigenvalue weighted by Crippen LogP contribution is -2.27. The van der Waals surface area contributed by atoms with E-state index >= 15 is 0 Å². The van der Waals surface area contributed by atoms with E-state index in [9.17, 15) is 0 Å². The summed E-state index contributed by atoms with van der Waals surface area (Å²) in [6.45, 7) is 2.54. The summed E-state index contributed by atoms with van der Waals surface area (Å²) in [6, 6.07) is 9.65. The molecule has 0 aliphatic carbocycles. The summed E-state index contributed by atoms with van der Waals surface area (Å²) in [5.41, 5.74) is 7.00. The second kappa shape index (κ2) is 7.01. The van der Waals surface area contributed by atoms with Crippen molar-refractivity contribution in [3.8, 4) is 0 Å². The highest BCUT2D eigenvalue weighted by Crippen LogP contribution is 2.30. The summed E-state index contributed by atoms with van der Waals surface area (Å²) in [6.07, 6.45) is 2.46. The van der Waals surface area contributed by atoms with Crippen LogP contribution in [0.25, 0.3) is 0 Å². The number of pyridine rings is 1. The fraction of sp³-hybridized carbons (Fsp3) is 0.357. The van der Waals surface area contributed by atoms with E-state index in [4.69, 9.17) is 22.1 Å². The van der Waals surface area contributed by atoms with Crippen molar-refractivity contribution in [2.45, 2.75) is 25.5 Å². The highest BCUT2D eigenvalue weighted by atomic mass is 35.5. The van der Waals surface area contributed by atoms with E-state index in [1.165, 1.54) is 11.3 Å². The van der Waals surface area contributed by atoms with Gasteiger partial charge in [0.2, 0.25) is 0 Å². The second-order valence-electron chi connectivity index (χ2n) is 4.36. The Morgan fingerprint density at radius 2 is 2.21 bits per heavy atom. The third-order valence-corrected chi connectivity index (χ3v) is 4.03. The quantitative estimate of drug-likeness (QED) is 0.888. The minimum absolute atomic E-state index is 0.0709. The van der Waals surface area contributed by atoms with Crippen molar-refractivity contribution in [2.24, 2.45) is 5.73 Å². The number of nitrogens with two attached hydrogens (primary N) is 1. The lowest BCUT2D eigenvalue weighted by atomic mass is 10.1. The predicted molar refractivity (Wildman–Crippen MR) is 79.6 cm³/mol. The van der Waals surface area contributed by atoms with Gasteiger partial charge in [-0.3, -0.25) is 4.98 Å². The van der Waals surface area contributed by atoms with Gasteiger partial charge < -0.3 is 10.5 Å². The number of halogens is 1. The molecular formula is C14H17ClN2OS. The lowest BCUT2D eigenvalue weighted by molar-refractivity contribution is 0.0424. The van der Waals surface area contributed by atoms with Crippen LogP contribution in [0.15, 0.2) is 36.5 Å². The van der Waals surface area contributed by atoms with Crippen LogP contribution < -0.4 is 5.73 Å². The third-order valence-electron chi connectivity index (χ3n) is 2.73. The van der Waals surface area contributed by atoms with Gasteiger partial charge in [-0.05, 0) is 31.2 Å². The van der Waals surface area contributed by atoms with Gasteiger partial charge >= 0.3 is 0 Å². The molecule has 0 amide bonds. The predicted octanol–water partition coefficient (Wildman–Crippen LogP) is 3.44. The zero-order chi connectivity index (χ0) is 13.7. The maximum atomic E-state index is 5.98. The second-order valence-corrected chi connectivity index (χ2v) is 6.11. The molecule has 0 spiro atoms. The van der Waals surface area contributed by atoms with Gasteiger partial charge in [-0.2, -0.15) is 0 Å². The van der Waals surface area contributed by atoms with Crippen molar-refractivity contribution in [3.63, 3.8) is 0 Å². The lowest BCUT2D eigenvalue weighted by Gasteiger charge is -2.20. The average Bonchev–Trinajstić information content (AvgIpc) is 2.82. The first-order chi connectivity index (χ1) is 9.16. The molecule has 0 saturated heterocycles. The topological polar surface area (TPSA) is 48.1 Å². The van der Waals surface area contributed by atoms with E-state index in [0.717, 1.165) is 21.3 Å². The summed E-state index contributed by atoms with van der Waals surface area (Å²) < 4.78 is 6.65. The van der Waals surface area contributed by atoms with Crippen molar-refractivity contribution in [1.82, 2.24) is 4.98 Å². The summed E-state index contributed by atoms with van der Waals surface area (Å²) in [4.78, 5) is 5.34. The maximum absolute atomic E-state index is 5.98. The van der Waals surface area contributed by atoms with Crippen LogP contribution in [0.2, 0.25) is 4.34 Å². The van der Waals surface area contributed by atoms with Crippen molar-refractivity contribution in [2.75, 3.05) is 6.61 Å². The van der Waals surface area contributed by atoms with E-state index in [1.807, 2.05) is 37.3 Å². The van der Waals surface area contributed by atoms with Crippen LogP contribution in [-0.2, 0) is 11.2 Å². The molecule has 0 fully saturated rings. The Bertz CT molecular complexity index is 501. The van der Waals surface area contributed by atoms with Crippen LogP contribution in [-0.4, -0.2) is 17.6 Å². The monoisotopic (exact) mass is 296 g/mol. The first-order valence-corrected chi connectivity index (χ1v) is 7.38. The Kier molecular flexibility index (Phi) is 5.34. The van der Waals surface area contributed by atoms with Crippen LogP contribution in [0.5, 0.6) is 0 Å². The molecule has 2 heterocycles. The van der Waals surface area contributed by atoms with Gasteiger partial charge in [-0.1, -0.05) is 17.7 Å². The van der Waals surface area contributed by atoms with Gasteiger partial charge in [0.1, 0.15) is 6.10 Å². The Labute approximate surface area is 122 Å². The molecule has 2 atom stereocenters. The number of rotatable bonds is 6. The van der Waals surface area contributed by atoms with Crippen LogP contribution in [0.4, 0.5) is 0 Å². The molecule has 3 nitrogen and oxygen atoms in total. The summed E-state index contributed by atoms with van der Waals surface area (Å²) in [5, 5.41) is 0. The number of aromatic nitrogens is 1. The van der Waals surface area contributed by atoms with E-state index < -0.39 is 0 Å². The molecule has 2 N–H and O–H groups in total. The van der Waals surface area contributed by atoms with Gasteiger partial charge in [-0.25, -0.2) is 0 Å². The molecule has 2 aromatic rings. The van der Waals surface area contributed by atoms with Crippen molar-refractivity contribution in [1.29, 1.82) is 0 Å². The van der Waals surface area contributed by atoms with Crippen molar-refractivity contribution >= 4 is 22.9 Å². The number of nitrogens with zero attached hydrogens (tertiary/aromatic N) is 1. The minimum atomic E-state index is -0.110. The minimum Gasteiger partial charge on any atom is -0.371 e. The van der Waals surface area contributed by atoms with Crippen LogP contribution in [0.3, 0.4) is 0 Å². The molecule has 0 aliphatic heterocycles. The standard InChI is InChI=1S/C14H17ClN2OS/c1-10(16)14(12-5-6-13(15)19-12)18-9-7-11-4-2-3-8-17-11/h2-6,8,10,14H,7,9,16H2,1H3. The maximum Gasteiger partial charge on any atom is 0.106 e. The van der Waals surface area contributed by atoms with Crippen molar-refractivity contribution in [3.05, 3.63) is 51.4 Å². The normalized spacial score (nSPS) is 14.3. The average molecular weight is 297 g/mol. The van der Waals surface area contributed by atoms with Gasteiger partial charge in [0, 0.05) is 29.2 Å². The Morgan fingerprint density at radius 3 is 2.79 bits per heavy atom. The first-order valence-electron chi connectivity index (χ1n) is 6.19. The summed E-state index contributed by atoms with van der Waals surface area (Å²) in [5.74, 6) is 0. The van der Waals surface area contributed by atoms with Gasteiger partial charge in [0.25, 0.3) is 0 Å². The molecule has 0 bridgehead atoms. The smallest absolute Gasteiger partial charge is 0.106 e. The first kappa shape index (κ1) is 14.5. The third kappa shape index (κ3) is 4.28. The zero-order valence-electron chi connectivity index (χ0n) is 10.8. The highest BCUT2D eigenvalue weighted by molar-refractivity contribution is 7.16. The summed E-state index contributed by atoms with van der Waals surface area (Å²) in [7, 11) is 0. The molecule has 0 radical (unpaired) electrons. The SMILES string of the molecule is CC(N)C(OCCc1ccccn1)c1ccc(Cl)s1. The van der Waals surface area contributed by atoms with Gasteiger partial charge in [0.05, 0.1) is 10.9 Å². The number of thiophene rings is 1. The number of hydrogen-bond donors (Lipinski definition) is 1. The van der Waals surface area contributed by atoms with E-state index in [0.29, 0.717) is 6.61 Å². The number of hydrogen-bond acceptors (Lipinski definition) is 4. The molecule has 2 rings (SSSR count). The van der Waals surface area contributed by atoms with Gasteiger partial charge in [-0.15, -0.1) is 11.3 Å². The molecule has 0 saturated carbocycles. The molecule has 5 heteroatoms. The summed E-state index contributed by atoms with van der Waals surface area (Å²) >= 11 is 7.47. The molecule has 2 aromatic heterocycles. The highest BCUT2D eigenvalue weighted by Gasteiger charge is 2.18. The van der Waals surface area contributed by atoms with Crippen LogP contribution in [0.1, 0.15) is 23.6 Å². The number of ether oxygens (including phenoxy) is 1. The fourth-order valence-electron chi connectivity index (χ4n) is 1.81. The zero-order valence-corrected chi connectivity index (χ0v) is 12.3. The van der Waals surface area contributed by atoms with E-state index in [-0.39, 0.29) is 12.1 Å². The van der Waals surface area contributed by atoms with Crippen LogP contribution in [0, 0.1) is 0 Å². The molecular weight excluding hydrogens is 280 g/mol. The molecule has 0 aliphatic rings.